The van der Waals surface area contributed by atoms with E-state index in [4.69, 9.17) is 5.73 Å². The molecular formula is C29H39N5O. The van der Waals surface area contributed by atoms with Crippen LogP contribution >= 0.6 is 0 Å². The molecule has 0 aromatic heterocycles. The molecule has 2 heterocycles. The van der Waals surface area contributed by atoms with Crippen LogP contribution in [0.2, 0.25) is 0 Å². The van der Waals surface area contributed by atoms with Crippen molar-refractivity contribution in [2.24, 2.45) is 10.7 Å². The van der Waals surface area contributed by atoms with Crippen molar-refractivity contribution in [2.75, 3.05) is 40.8 Å². The summed E-state index contributed by atoms with van der Waals surface area (Å²) in [5, 5.41) is 3.05. The number of likely N-dealkylation sites (tertiary alicyclic amines) is 1. The molecule has 1 saturated heterocycles. The molecule has 2 aliphatic heterocycles. The molecule has 0 saturated carbocycles. The lowest BCUT2D eigenvalue weighted by atomic mass is 9.88. The maximum absolute atomic E-state index is 12.1. The molecule has 6 nitrogen and oxygen atoms in total. The van der Waals surface area contributed by atoms with E-state index in [1.165, 1.54) is 11.1 Å². The van der Waals surface area contributed by atoms with E-state index in [-0.39, 0.29) is 12.1 Å². The largest absolute Gasteiger partial charge is 0.394 e. The van der Waals surface area contributed by atoms with Crippen LogP contribution in [0.15, 0.2) is 88.6 Å². The summed E-state index contributed by atoms with van der Waals surface area (Å²) in [6.07, 6.45) is 13.8. The van der Waals surface area contributed by atoms with Crippen LogP contribution < -0.4 is 11.1 Å². The Bertz CT molecular complexity index is 1040. The number of nitrogens with zero attached hydrogens (tertiary/aromatic N) is 3. The Balaban J connectivity index is 1.59. The molecule has 1 atom stereocenters. The highest BCUT2D eigenvalue weighted by molar-refractivity contribution is 5.93. The third kappa shape index (κ3) is 7.38. The number of benzene rings is 1. The molecule has 0 aliphatic carbocycles. The van der Waals surface area contributed by atoms with Crippen molar-refractivity contribution in [2.45, 2.75) is 31.8 Å². The minimum absolute atomic E-state index is 0.0471. The lowest BCUT2D eigenvalue weighted by Gasteiger charge is -2.32. The number of hydrogen-bond acceptors (Lipinski definition) is 5. The zero-order valence-electron chi connectivity index (χ0n) is 21.5. The first-order valence-electron chi connectivity index (χ1n) is 12.2. The van der Waals surface area contributed by atoms with Gasteiger partial charge in [0.1, 0.15) is 6.17 Å². The maximum Gasteiger partial charge on any atom is 0.253 e. The summed E-state index contributed by atoms with van der Waals surface area (Å²) in [4.78, 5) is 20.6. The van der Waals surface area contributed by atoms with Crippen molar-refractivity contribution in [1.82, 2.24) is 15.1 Å². The molecule has 35 heavy (non-hydrogen) atoms. The van der Waals surface area contributed by atoms with Crippen molar-refractivity contribution >= 4 is 12.1 Å². The number of aliphatic imine (C=N–C) groups is 1. The topological polar surface area (TPSA) is 74.0 Å². The number of nitrogens with one attached hydrogen (secondary N) is 1. The minimum atomic E-state index is -0.278. The highest BCUT2D eigenvalue weighted by atomic mass is 16.2. The molecule has 0 bridgehead atoms. The van der Waals surface area contributed by atoms with Gasteiger partial charge in [-0.05, 0) is 86.0 Å². The molecular weight excluding hydrogens is 434 g/mol. The average Bonchev–Trinajstić information content (AvgIpc) is 2.85. The van der Waals surface area contributed by atoms with Gasteiger partial charge in [-0.15, -0.1) is 0 Å². The summed E-state index contributed by atoms with van der Waals surface area (Å²) >= 11 is 0. The third-order valence-electron chi connectivity index (χ3n) is 6.45. The Kier molecular flexibility index (Phi) is 9.40. The lowest BCUT2D eigenvalue weighted by molar-refractivity contribution is 0.0827. The van der Waals surface area contributed by atoms with Crippen molar-refractivity contribution in [3.05, 3.63) is 94.8 Å². The summed E-state index contributed by atoms with van der Waals surface area (Å²) in [5.41, 5.74) is 12.2. The van der Waals surface area contributed by atoms with E-state index in [2.05, 4.69) is 46.9 Å². The van der Waals surface area contributed by atoms with E-state index < -0.39 is 0 Å². The first-order chi connectivity index (χ1) is 16.8. The summed E-state index contributed by atoms with van der Waals surface area (Å²) < 4.78 is 0. The number of rotatable bonds is 8. The normalized spacial score (nSPS) is 20.8. The SMILES string of the molecule is C=C(/C=C(\C)CN1CCC(c2ccc(C(=O)N(C)C)cc2)CC1)C(/C=C\NC)=C1\C=CC(N)N=C1. The van der Waals surface area contributed by atoms with E-state index in [0.29, 0.717) is 5.92 Å². The van der Waals surface area contributed by atoms with E-state index in [1.54, 1.807) is 19.0 Å². The molecule has 3 rings (SSSR count). The molecule has 1 aromatic rings. The molecule has 186 valence electrons. The van der Waals surface area contributed by atoms with Crippen LogP contribution in [0.5, 0.6) is 0 Å². The molecule has 0 spiro atoms. The number of dihydropyridines is 1. The number of hydrogen-bond donors (Lipinski definition) is 2. The van der Waals surface area contributed by atoms with Gasteiger partial charge >= 0.3 is 0 Å². The number of piperidine rings is 1. The third-order valence-corrected chi connectivity index (χ3v) is 6.45. The zero-order valence-corrected chi connectivity index (χ0v) is 21.5. The van der Waals surface area contributed by atoms with Gasteiger partial charge in [0.25, 0.3) is 5.91 Å². The van der Waals surface area contributed by atoms with Crippen LogP contribution in [0, 0.1) is 0 Å². The Hall–Kier alpha value is -3.22. The zero-order chi connectivity index (χ0) is 25.4. The Morgan fingerprint density at radius 2 is 1.94 bits per heavy atom. The fourth-order valence-corrected chi connectivity index (χ4v) is 4.53. The van der Waals surface area contributed by atoms with Crippen molar-refractivity contribution < 1.29 is 4.79 Å². The van der Waals surface area contributed by atoms with Gasteiger partial charge in [0.05, 0.1) is 0 Å². The standard InChI is InChI=1S/C29H39N5O/c1-21(18-22(2)27(12-15-31-3)26-10-11-28(30)32-19-26)20-34-16-13-24(14-17-34)23-6-8-25(9-7-23)29(35)33(4)5/h6-12,15,18-19,24,28,31H,2,13-14,16-17,20,30H2,1,3-5H3/b15-12-,21-18+,27-26+. The van der Waals surface area contributed by atoms with Crippen molar-refractivity contribution in [3.63, 3.8) is 0 Å². The predicted molar refractivity (Wildman–Crippen MR) is 147 cm³/mol. The predicted octanol–water partition coefficient (Wildman–Crippen LogP) is 4.03. The first kappa shape index (κ1) is 26.4. The lowest BCUT2D eigenvalue weighted by Crippen LogP contribution is -2.34. The van der Waals surface area contributed by atoms with Crippen molar-refractivity contribution in [3.8, 4) is 0 Å². The second-order valence-corrected chi connectivity index (χ2v) is 9.51. The number of allylic oxidation sites excluding steroid dienone is 6. The monoisotopic (exact) mass is 473 g/mol. The number of carbonyl (C=O) groups is 1. The molecule has 3 N–H and O–H groups in total. The van der Waals surface area contributed by atoms with Crippen LogP contribution in [-0.4, -0.2) is 68.9 Å². The Morgan fingerprint density at radius 1 is 1.26 bits per heavy atom. The van der Waals surface area contributed by atoms with Gasteiger partial charge in [-0.25, -0.2) is 0 Å². The first-order valence-corrected chi connectivity index (χ1v) is 12.2. The fourth-order valence-electron chi connectivity index (χ4n) is 4.53. The van der Waals surface area contributed by atoms with Crippen LogP contribution in [0.25, 0.3) is 0 Å². The van der Waals surface area contributed by atoms with Crippen molar-refractivity contribution in [1.29, 1.82) is 0 Å². The molecule has 6 heteroatoms. The highest BCUT2D eigenvalue weighted by Crippen LogP contribution is 2.29. The van der Waals surface area contributed by atoms with Gasteiger partial charge in [0, 0.05) is 45.0 Å². The summed E-state index contributed by atoms with van der Waals surface area (Å²) in [6.45, 7) is 9.54. The number of carbonyl (C=O) groups excluding carboxylic acids is 1. The van der Waals surface area contributed by atoms with Gasteiger partial charge in [-0.3, -0.25) is 14.7 Å². The molecule has 2 aliphatic rings. The van der Waals surface area contributed by atoms with E-state index in [1.807, 2.05) is 49.8 Å². The van der Waals surface area contributed by atoms with Crippen LogP contribution in [0.3, 0.4) is 0 Å². The van der Waals surface area contributed by atoms with Gasteiger partial charge in [0.2, 0.25) is 0 Å². The maximum atomic E-state index is 12.1. The minimum Gasteiger partial charge on any atom is -0.394 e. The molecule has 1 fully saturated rings. The Morgan fingerprint density at radius 3 is 2.51 bits per heavy atom. The smallest absolute Gasteiger partial charge is 0.253 e. The second-order valence-electron chi connectivity index (χ2n) is 9.51. The second kappa shape index (κ2) is 12.5. The average molecular weight is 474 g/mol. The summed E-state index contributed by atoms with van der Waals surface area (Å²) in [7, 11) is 5.45. The molecule has 0 radical (unpaired) electrons. The van der Waals surface area contributed by atoms with Crippen LogP contribution in [0.1, 0.15) is 41.6 Å². The van der Waals surface area contributed by atoms with Crippen LogP contribution in [0.4, 0.5) is 0 Å². The molecule has 1 unspecified atom stereocenters. The van der Waals surface area contributed by atoms with E-state index in [0.717, 1.165) is 54.8 Å². The highest BCUT2D eigenvalue weighted by Gasteiger charge is 2.21. The van der Waals surface area contributed by atoms with Crippen LogP contribution in [-0.2, 0) is 0 Å². The molecule has 1 amide bonds. The number of nitrogens with two attached hydrogens (primary N) is 1. The number of amides is 1. The quantitative estimate of drug-likeness (QED) is 0.559. The van der Waals surface area contributed by atoms with Gasteiger partial charge in [-0.2, -0.15) is 0 Å². The summed E-state index contributed by atoms with van der Waals surface area (Å²) in [6, 6.07) is 8.15. The molecule has 1 aromatic carbocycles. The summed E-state index contributed by atoms with van der Waals surface area (Å²) in [5.74, 6) is 0.589. The van der Waals surface area contributed by atoms with E-state index in [9.17, 15) is 4.79 Å². The van der Waals surface area contributed by atoms with Gasteiger partial charge in [0.15, 0.2) is 0 Å². The van der Waals surface area contributed by atoms with Gasteiger partial charge < -0.3 is 16.0 Å². The van der Waals surface area contributed by atoms with E-state index >= 15 is 0 Å². The Labute approximate surface area is 210 Å². The fraction of sp³-hybridized carbons (Fsp3) is 0.379. The van der Waals surface area contributed by atoms with Gasteiger partial charge in [-0.1, -0.05) is 36.4 Å².